The van der Waals surface area contributed by atoms with E-state index in [1.54, 1.807) is 0 Å². The molecule has 1 rings (SSSR count). The average molecular weight is 270 g/mol. The number of likely N-dealkylation sites (tertiary alicyclic amines) is 1. The predicted molar refractivity (Wildman–Crippen MR) is 78.0 cm³/mol. The second kappa shape index (κ2) is 9.32. The predicted octanol–water partition coefficient (Wildman–Crippen LogP) is 2.31. The highest BCUT2D eigenvalue weighted by atomic mass is 16.5. The highest BCUT2D eigenvalue weighted by Gasteiger charge is 2.25. The Bertz CT molecular complexity index is 259. The molecule has 2 N–H and O–H groups in total. The molecule has 0 aromatic carbocycles. The summed E-state index contributed by atoms with van der Waals surface area (Å²) >= 11 is 0. The molecule has 0 aliphatic carbocycles. The van der Waals surface area contributed by atoms with Crippen LogP contribution in [-0.4, -0.2) is 42.6 Å². The van der Waals surface area contributed by atoms with Crippen LogP contribution in [0.4, 0.5) is 0 Å². The van der Waals surface area contributed by atoms with Gasteiger partial charge >= 0.3 is 5.97 Å². The topological polar surface area (TPSA) is 55.6 Å². The lowest BCUT2D eigenvalue weighted by Crippen LogP contribution is -2.49. The summed E-state index contributed by atoms with van der Waals surface area (Å²) in [6, 6.07) is 1.22. The second-order valence-corrected chi connectivity index (χ2v) is 5.52. The van der Waals surface area contributed by atoms with Gasteiger partial charge in [0.25, 0.3) is 0 Å². The van der Waals surface area contributed by atoms with Gasteiger partial charge in [0, 0.05) is 25.0 Å². The third kappa shape index (κ3) is 5.91. The number of nitrogens with two attached hydrogens (primary N) is 1. The van der Waals surface area contributed by atoms with Crippen molar-refractivity contribution in [1.29, 1.82) is 0 Å². The first-order valence-electron chi connectivity index (χ1n) is 7.80. The molecule has 2 unspecified atom stereocenters. The van der Waals surface area contributed by atoms with Crippen molar-refractivity contribution < 1.29 is 9.53 Å². The Morgan fingerprint density at radius 1 is 1.32 bits per heavy atom. The number of piperidine rings is 1. The second-order valence-electron chi connectivity index (χ2n) is 5.52. The Labute approximate surface area is 117 Å². The lowest BCUT2D eigenvalue weighted by Gasteiger charge is -2.40. The first-order chi connectivity index (χ1) is 9.19. The van der Waals surface area contributed by atoms with E-state index in [9.17, 15) is 4.79 Å². The van der Waals surface area contributed by atoms with Crippen LogP contribution >= 0.6 is 0 Å². The standard InChI is InChI=1S/C15H30N2O2/c1-3-19-15(18)10-5-4-6-11-17-13(2)8-7-9-14(17)12-16/h13-14H,3-12,16H2,1-2H3. The smallest absolute Gasteiger partial charge is 0.305 e. The minimum Gasteiger partial charge on any atom is -0.466 e. The third-order valence-corrected chi connectivity index (χ3v) is 4.07. The molecule has 0 bridgehead atoms. The van der Waals surface area contributed by atoms with Crippen molar-refractivity contribution in [2.45, 2.75) is 70.9 Å². The van der Waals surface area contributed by atoms with Gasteiger partial charge < -0.3 is 10.5 Å². The van der Waals surface area contributed by atoms with Crippen LogP contribution < -0.4 is 5.73 Å². The first-order valence-corrected chi connectivity index (χ1v) is 7.80. The molecule has 0 aromatic heterocycles. The number of hydrogen-bond acceptors (Lipinski definition) is 4. The molecule has 112 valence electrons. The van der Waals surface area contributed by atoms with E-state index >= 15 is 0 Å². The van der Waals surface area contributed by atoms with Crippen LogP contribution in [0, 0.1) is 0 Å². The van der Waals surface area contributed by atoms with Gasteiger partial charge in [-0.3, -0.25) is 9.69 Å². The number of unbranched alkanes of at least 4 members (excludes halogenated alkanes) is 2. The fourth-order valence-electron chi connectivity index (χ4n) is 2.97. The van der Waals surface area contributed by atoms with Crippen molar-refractivity contribution in [2.75, 3.05) is 19.7 Å². The van der Waals surface area contributed by atoms with Crippen LogP contribution in [0.5, 0.6) is 0 Å². The van der Waals surface area contributed by atoms with Gasteiger partial charge in [-0.1, -0.05) is 12.8 Å². The minimum absolute atomic E-state index is 0.0614. The van der Waals surface area contributed by atoms with Crippen LogP contribution in [0.1, 0.15) is 58.8 Å². The number of hydrogen-bond donors (Lipinski definition) is 1. The summed E-state index contributed by atoms with van der Waals surface area (Å²) in [5.74, 6) is -0.0614. The normalized spacial score (nSPS) is 24.4. The largest absolute Gasteiger partial charge is 0.466 e. The molecule has 19 heavy (non-hydrogen) atoms. The Morgan fingerprint density at radius 2 is 2.11 bits per heavy atom. The number of nitrogens with zero attached hydrogens (tertiary/aromatic N) is 1. The first kappa shape index (κ1) is 16.4. The van der Waals surface area contributed by atoms with Crippen molar-refractivity contribution >= 4 is 5.97 Å². The summed E-state index contributed by atoms with van der Waals surface area (Å²) in [6.45, 7) is 6.53. The van der Waals surface area contributed by atoms with Gasteiger partial charge in [0.1, 0.15) is 0 Å². The summed E-state index contributed by atoms with van der Waals surface area (Å²) in [7, 11) is 0. The zero-order valence-electron chi connectivity index (χ0n) is 12.6. The van der Waals surface area contributed by atoms with Crippen LogP contribution in [0.25, 0.3) is 0 Å². The van der Waals surface area contributed by atoms with E-state index < -0.39 is 0 Å². The number of ether oxygens (including phenoxy) is 1. The van der Waals surface area contributed by atoms with Gasteiger partial charge in [-0.05, 0) is 46.1 Å². The number of esters is 1. The van der Waals surface area contributed by atoms with Gasteiger partial charge in [-0.25, -0.2) is 0 Å². The molecular formula is C15H30N2O2. The third-order valence-electron chi connectivity index (χ3n) is 4.07. The molecule has 0 amide bonds. The highest BCUT2D eigenvalue weighted by molar-refractivity contribution is 5.69. The van der Waals surface area contributed by atoms with Crippen LogP contribution in [0.3, 0.4) is 0 Å². The van der Waals surface area contributed by atoms with E-state index in [1.807, 2.05) is 6.92 Å². The zero-order valence-corrected chi connectivity index (χ0v) is 12.6. The maximum absolute atomic E-state index is 11.2. The van der Waals surface area contributed by atoms with E-state index in [2.05, 4.69) is 11.8 Å². The van der Waals surface area contributed by atoms with E-state index in [-0.39, 0.29) is 5.97 Å². The Kier molecular flexibility index (Phi) is 8.07. The molecule has 4 heteroatoms. The van der Waals surface area contributed by atoms with Gasteiger partial charge in [0.2, 0.25) is 0 Å². The molecule has 0 radical (unpaired) electrons. The van der Waals surface area contributed by atoms with Crippen molar-refractivity contribution in [3.63, 3.8) is 0 Å². The molecule has 1 saturated heterocycles. The lowest BCUT2D eigenvalue weighted by atomic mass is 9.96. The molecule has 1 aliphatic rings. The summed E-state index contributed by atoms with van der Waals surface area (Å²) in [6.07, 6.45) is 7.59. The van der Waals surface area contributed by atoms with Gasteiger partial charge in [0.05, 0.1) is 6.61 Å². The van der Waals surface area contributed by atoms with Crippen LogP contribution in [-0.2, 0) is 9.53 Å². The van der Waals surface area contributed by atoms with Crippen LogP contribution in [0.15, 0.2) is 0 Å². The lowest BCUT2D eigenvalue weighted by molar-refractivity contribution is -0.143. The SMILES string of the molecule is CCOC(=O)CCCCCN1C(C)CCCC1CN. The summed E-state index contributed by atoms with van der Waals surface area (Å²) < 4.78 is 4.92. The molecule has 2 atom stereocenters. The molecular weight excluding hydrogens is 240 g/mol. The van der Waals surface area contributed by atoms with Crippen molar-refractivity contribution in [2.24, 2.45) is 5.73 Å². The molecule has 1 fully saturated rings. The Hall–Kier alpha value is -0.610. The Morgan fingerprint density at radius 3 is 2.79 bits per heavy atom. The molecule has 0 saturated carbocycles. The number of carbonyl (C=O) groups is 1. The molecule has 0 aromatic rings. The zero-order chi connectivity index (χ0) is 14.1. The van der Waals surface area contributed by atoms with Crippen LogP contribution in [0.2, 0.25) is 0 Å². The molecule has 4 nitrogen and oxygen atoms in total. The highest BCUT2D eigenvalue weighted by Crippen LogP contribution is 2.22. The fourth-order valence-corrected chi connectivity index (χ4v) is 2.97. The van der Waals surface area contributed by atoms with E-state index in [0.29, 0.717) is 25.1 Å². The van der Waals surface area contributed by atoms with E-state index in [1.165, 1.54) is 19.3 Å². The monoisotopic (exact) mass is 270 g/mol. The summed E-state index contributed by atoms with van der Waals surface area (Å²) in [4.78, 5) is 13.8. The molecule has 0 spiro atoms. The van der Waals surface area contributed by atoms with E-state index in [0.717, 1.165) is 32.4 Å². The van der Waals surface area contributed by atoms with Gasteiger partial charge in [-0.2, -0.15) is 0 Å². The average Bonchev–Trinajstić information content (AvgIpc) is 2.40. The Balaban J connectivity index is 2.14. The van der Waals surface area contributed by atoms with Crippen molar-refractivity contribution in [3.8, 4) is 0 Å². The number of rotatable bonds is 8. The maximum atomic E-state index is 11.2. The summed E-state index contributed by atoms with van der Waals surface area (Å²) in [5.41, 5.74) is 5.86. The van der Waals surface area contributed by atoms with E-state index in [4.69, 9.17) is 10.5 Å². The minimum atomic E-state index is -0.0614. The molecule has 1 heterocycles. The maximum Gasteiger partial charge on any atom is 0.305 e. The summed E-state index contributed by atoms with van der Waals surface area (Å²) in [5, 5.41) is 0. The quantitative estimate of drug-likeness (QED) is 0.543. The molecule has 1 aliphatic heterocycles. The van der Waals surface area contributed by atoms with Crippen molar-refractivity contribution in [1.82, 2.24) is 4.90 Å². The fraction of sp³-hybridized carbons (Fsp3) is 0.933. The number of carbonyl (C=O) groups excluding carboxylic acids is 1. The van der Waals surface area contributed by atoms with Crippen molar-refractivity contribution in [3.05, 3.63) is 0 Å². The van der Waals surface area contributed by atoms with Gasteiger partial charge in [-0.15, -0.1) is 0 Å². The van der Waals surface area contributed by atoms with Gasteiger partial charge in [0.15, 0.2) is 0 Å².